The number of thioether (sulfide) groups is 1. The van der Waals surface area contributed by atoms with E-state index in [-0.39, 0.29) is 0 Å². The Morgan fingerprint density at radius 1 is 1.00 bits per heavy atom. The van der Waals surface area contributed by atoms with Gasteiger partial charge in [0.25, 0.3) is 0 Å². The van der Waals surface area contributed by atoms with E-state index in [2.05, 4.69) is 41.4 Å². The predicted octanol–water partition coefficient (Wildman–Crippen LogP) is 4.99. The maximum atomic E-state index is 6.25. The van der Waals surface area contributed by atoms with Gasteiger partial charge in [-0.25, -0.2) is 0 Å². The molecule has 3 rings (SSSR count). The van der Waals surface area contributed by atoms with Crippen molar-refractivity contribution in [2.75, 3.05) is 0 Å². The van der Waals surface area contributed by atoms with Gasteiger partial charge in [-0.2, -0.15) is 0 Å². The summed E-state index contributed by atoms with van der Waals surface area (Å²) in [5, 5.41) is 10.5. The third-order valence-electron chi connectivity index (χ3n) is 3.50. The molecule has 0 aliphatic rings. The van der Waals surface area contributed by atoms with Crippen LogP contribution < -0.4 is 0 Å². The molecular weight excluding hydrogens is 314 g/mol. The molecular formula is C17H16ClN3S. The van der Waals surface area contributed by atoms with E-state index in [1.54, 1.807) is 11.8 Å². The average Bonchev–Trinajstić information content (AvgIpc) is 2.90. The van der Waals surface area contributed by atoms with Crippen LogP contribution in [-0.4, -0.2) is 14.8 Å². The van der Waals surface area contributed by atoms with Crippen LogP contribution in [0.2, 0.25) is 5.02 Å². The molecule has 0 amide bonds. The molecule has 2 aromatic carbocycles. The lowest BCUT2D eigenvalue weighted by molar-refractivity contribution is 0.790. The van der Waals surface area contributed by atoms with Crippen molar-refractivity contribution < 1.29 is 0 Å². The normalized spacial score (nSPS) is 12.3. The molecule has 0 N–H and O–H groups in total. The number of halogens is 1. The first kappa shape index (κ1) is 15.1. The van der Waals surface area contributed by atoms with Crippen molar-refractivity contribution in [2.45, 2.75) is 17.3 Å². The molecule has 1 heterocycles. The first-order valence-corrected chi connectivity index (χ1v) is 8.28. The summed E-state index contributed by atoms with van der Waals surface area (Å²) in [6.45, 7) is 2.17. The Balaban J connectivity index is 1.87. The highest BCUT2D eigenvalue weighted by molar-refractivity contribution is 7.99. The minimum Gasteiger partial charge on any atom is -0.305 e. The zero-order chi connectivity index (χ0) is 15.5. The Kier molecular flexibility index (Phi) is 4.50. The highest BCUT2D eigenvalue weighted by atomic mass is 35.5. The largest absolute Gasteiger partial charge is 0.305 e. The minimum absolute atomic E-state index is 0.309. The van der Waals surface area contributed by atoms with Gasteiger partial charge in [0.05, 0.1) is 5.02 Å². The van der Waals surface area contributed by atoms with Crippen LogP contribution in [-0.2, 0) is 7.05 Å². The second kappa shape index (κ2) is 6.55. The van der Waals surface area contributed by atoms with Crippen molar-refractivity contribution in [2.24, 2.45) is 7.05 Å². The van der Waals surface area contributed by atoms with Gasteiger partial charge in [-0.05, 0) is 24.6 Å². The van der Waals surface area contributed by atoms with Crippen LogP contribution in [0.4, 0.5) is 0 Å². The molecule has 0 saturated carbocycles. The standard InChI is InChI=1S/C17H16ClN3S/c1-12(13-8-4-3-5-9-13)22-17-20-19-16(21(17)2)14-10-6-7-11-15(14)18/h3-12H,1-2H3. The van der Waals surface area contributed by atoms with E-state index < -0.39 is 0 Å². The quantitative estimate of drug-likeness (QED) is 0.632. The lowest BCUT2D eigenvalue weighted by Gasteiger charge is -2.11. The molecule has 0 saturated heterocycles. The molecule has 1 unspecified atom stereocenters. The Bertz CT molecular complexity index is 771. The zero-order valence-electron chi connectivity index (χ0n) is 12.4. The molecule has 3 aromatic rings. The fraction of sp³-hybridized carbons (Fsp3) is 0.176. The summed E-state index contributed by atoms with van der Waals surface area (Å²) in [5.74, 6) is 0.786. The molecule has 5 heteroatoms. The maximum absolute atomic E-state index is 6.25. The van der Waals surface area contributed by atoms with Gasteiger partial charge in [-0.15, -0.1) is 10.2 Å². The lowest BCUT2D eigenvalue weighted by atomic mass is 10.2. The van der Waals surface area contributed by atoms with Crippen LogP contribution in [0.25, 0.3) is 11.4 Å². The van der Waals surface area contributed by atoms with Crippen LogP contribution >= 0.6 is 23.4 Å². The third-order valence-corrected chi connectivity index (χ3v) is 5.02. The van der Waals surface area contributed by atoms with Crippen molar-refractivity contribution in [3.8, 4) is 11.4 Å². The Labute approximate surface area is 139 Å². The summed E-state index contributed by atoms with van der Waals surface area (Å²) in [6, 6.07) is 18.1. The average molecular weight is 330 g/mol. The SMILES string of the molecule is CC(Sc1nnc(-c2ccccc2Cl)n1C)c1ccccc1. The lowest BCUT2D eigenvalue weighted by Crippen LogP contribution is -1.97. The number of hydrogen-bond donors (Lipinski definition) is 0. The number of nitrogens with zero attached hydrogens (tertiary/aromatic N) is 3. The van der Waals surface area contributed by atoms with E-state index in [4.69, 9.17) is 11.6 Å². The molecule has 0 bridgehead atoms. The van der Waals surface area contributed by atoms with E-state index in [0.717, 1.165) is 16.5 Å². The molecule has 1 atom stereocenters. The maximum Gasteiger partial charge on any atom is 0.191 e. The summed E-state index contributed by atoms with van der Waals surface area (Å²) < 4.78 is 1.99. The van der Waals surface area contributed by atoms with E-state index in [1.165, 1.54) is 5.56 Å². The van der Waals surface area contributed by atoms with Gasteiger partial charge in [0.15, 0.2) is 11.0 Å². The molecule has 0 aliphatic carbocycles. The van der Waals surface area contributed by atoms with Gasteiger partial charge in [0.1, 0.15) is 0 Å². The molecule has 0 fully saturated rings. The smallest absolute Gasteiger partial charge is 0.191 e. The minimum atomic E-state index is 0.309. The van der Waals surface area contributed by atoms with Crippen LogP contribution in [0.15, 0.2) is 59.8 Å². The summed E-state index contributed by atoms with van der Waals surface area (Å²) in [4.78, 5) is 0. The van der Waals surface area contributed by atoms with Crippen LogP contribution in [0, 0.1) is 0 Å². The second-order valence-electron chi connectivity index (χ2n) is 5.02. The van der Waals surface area contributed by atoms with Crippen molar-refractivity contribution in [1.29, 1.82) is 0 Å². The number of benzene rings is 2. The topological polar surface area (TPSA) is 30.7 Å². The van der Waals surface area contributed by atoms with Crippen molar-refractivity contribution in [1.82, 2.24) is 14.8 Å². The molecule has 112 valence electrons. The summed E-state index contributed by atoms with van der Waals surface area (Å²) in [7, 11) is 1.97. The first-order chi connectivity index (χ1) is 10.7. The Morgan fingerprint density at radius 3 is 2.41 bits per heavy atom. The van der Waals surface area contributed by atoms with Crippen molar-refractivity contribution in [3.63, 3.8) is 0 Å². The summed E-state index contributed by atoms with van der Waals surface area (Å²) in [5.41, 5.74) is 2.17. The van der Waals surface area contributed by atoms with Gasteiger partial charge in [-0.1, -0.05) is 65.8 Å². The van der Waals surface area contributed by atoms with E-state index >= 15 is 0 Å². The molecule has 0 spiro atoms. The van der Waals surface area contributed by atoms with E-state index in [0.29, 0.717) is 10.3 Å². The molecule has 3 nitrogen and oxygen atoms in total. The van der Waals surface area contributed by atoms with Crippen LogP contribution in [0.3, 0.4) is 0 Å². The molecule has 22 heavy (non-hydrogen) atoms. The van der Waals surface area contributed by atoms with Crippen molar-refractivity contribution >= 4 is 23.4 Å². The first-order valence-electron chi connectivity index (χ1n) is 7.02. The Hall–Kier alpha value is -1.78. The fourth-order valence-electron chi connectivity index (χ4n) is 2.24. The zero-order valence-corrected chi connectivity index (χ0v) is 14.0. The second-order valence-corrected chi connectivity index (χ2v) is 6.73. The van der Waals surface area contributed by atoms with Gasteiger partial charge in [0, 0.05) is 17.9 Å². The predicted molar refractivity (Wildman–Crippen MR) is 92.2 cm³/mol. The summed E-state index contributed by atoms with van der Waals surface area (Å²) >= 11 is 7.94. The molecule has 1 aromatic heterocycles. The van der Waals surface area contributed by atoms with Gasteiger partial charge in [-0.3, -0.25) is 0 Å². The van der Waals surface area contributed by atoms with Crippen LogP contribution in [0.1, 0.15) is 17.7 Å². The van der Waals surface area contributed by atoms with Gasteiger partial charge in [0.2, 0.25) is 0 Å². The van der Waals surface area contributed by atoms with Gasteiger partial charge >= 0.3 is 0 Å². The number of rotatable bonds is 4. The third kappa shape index (κ3) is 3.03. The molecule has 0 radical (unpaired) electrons. The highest BCUT2D eigenvalue weighted by Gasteiger charge is 2.16. The highest BCUT2D eigenvalue weighted by Crippen LogP contribution is 2.35. The fourth-order valence-corrected chi connectivity index (χ4v) is 3.41. The van der Waals surface area contributed by atoms with E-state index in [9.17, 15) is 0 Å². The Morgan fingerprint density at radius 2 is 1.68 bits per heavy atom. The van der Waals surface area contributed by atoms with Crippen LogP contribution in [0.5, 0.6) is 0 Å². The van der Waals surface area contributed by atoms with E-state index in [1.807, 2.05) is 41.9 Å². The number of aromatic nitrogens is 3. The van der Waals surface area contributed by atoms with Crippen molar-refractivity contribution in [3.05, 3.63) is 65.2 Å². The summed E-state index contributed by atoms with van der Waals surface area (Å²) in [6.07, 6.45) is 0. The molecule has 0 aliphatic heterocycles. The number of hydrogen-bond acceptors (Lipinski definition) is 3. The monoisotopic (exact) mass is 329 g/mol. The van der Waals surface area contributed by atoms with Gasteiger partial charge < -0.3 is 4.57 Å².